The van der Waals surface area contributed by atoms with Gasteiger partial charge in [-0.1, -0.05) is 24.3 Å². The molecule has 0 atom stereocenters. The van der Waals surface area contributed by atoms with Gasteiger partial charge < -0.3 is 5.84 Å². The summed E-state index contributed by atoms with van der Waals surface area (Å²) < 4.78 is 0. The number of hydrogen-bond acceptors (Lipinski definition) is 4. The maximum atomic E-state index is 5.07. The van der Waals surface area contributed by atoms with Crippen LogP contribution in [0.2, 0.25) is 0 Å². The molecule has 0 bridgehead atoms. The molecule has 0 aliphatic carbocycles. The number of thiazole rings is 1. The van der Waals surface area contributed by atoms with E-state index in [2.05, 4.69) is 17.0 Å². The van der Waals surface area contributed by atoms with Crippen molar-refractivity contribution in [2.24, 2.45) is 10.9 Å². The van der Waals surface area contributed by atoms with Crippen molar-refractivity contribution in [3.63, 3.8) is 0 Å². The molecule has 0 unspecified atom stereocenters. The van der Waals surface area contributed by atoms with Crippen molar-refractivity contribution in [3.8, 4) is 10.6 Å². The number of rotatable bonds is 2. The van der Waals surface area contributed by atoms with Crippen LogP contribution in [-0.4, -0.2) is 11.2 Å². The molecule has 0 aliphatic heterocycles. The molecule has 1 aromatic heterocycles. The zero-order valence-corrected chi connectivity index (χ0v) is 9.16. The lowest BCUT2D eigenvalue weighted by atomic mass is 10.1. The van der Waals surface area contributed by atoms with E-state index in [9.17, 15) is 0 Å². The van der Waals surface area contributed by atoms with E-state index >= 15 is 0 Å². The molecule has 0 fully saturated rings. The maximum Gasteiger partial charge on any atom is 0.123 e. The van der Waals surface area contributed by atoms with Crippen LogP contribution in [-0.2, 0) is 0 Å². The van der Waals surface area contributed by atoms with Gasteiger partial charge in [-0.05, 0) is 12.5 Å². The van der Waals surface area contributed by atoms with Crippen molar-refractivity contribution in [3.05, 3.63) is 40.9 Å². The molecule has 3 nitrogen and oxygen atoms in total. The van der Waals surface area contributed by atoms with E-state index in [4.69, 9.17) is 5.84 Å². The van der Waals surface area contributed by atoms with Crippen LogP contribution in [0.1, 0.15) is 10.4 Å². The highest BCUT2D eigenvalue weighted by Gasteiger charge is 2.01. The van der Waals surface area contributed by atoms with Crippen LogP contribution in [0.15, 0.2) is 35.6 Å². The van der Waals surface area contributed by atoms with E-state index < -0.39 is 0 Å². The summed E-state index contributed by atoms with van der Waals surface area (Å²) in [6.45, 7) is 2.05. The molecule has 0 aliphatic rings. The molecule has 2 aromatic rings. The summed E-state index contributed by atoms with van der Waals surface area (Å²) in [7, 11) is 0. The van der Waals surface area contributed by atoms with Gasteiger partial charge in [0.15, 0.2) is 0 Å². The van der Waals surface area contributed by atoms with Gasteiger partial charge in [0.1, 0.15) is 5.01 Å². The van der Waals surface area contributed by atoms with Gasteiger partial charge in [-0.3, -0.25) is 0 Å². The molecule has 1 heterocycles. The van der Waals surface area contributed by atoms with E-state index in [1.165, 1.54) is 4.88 Å². The predicted octanol–water partition coefficient (Wildman–Crippen LogP) is 2.41. The van der Waals surface area contributed by atoms with Crippen molar-refractivity contribution in [2.45, 2.75) is 6.92 Å². The minimum atomic E-state index is 0.995. The number of nitrogens with two attached hydrogens (primary N) is 1. The first-order valence-corrected chi connectivity index (χ1v) is 5.37. The second-order valence-corrected chi connectivity index (χ2v) is 4.41. The minimum absolute atomic E-state index is 0.995. The Bertz CT molecular complexity index is 471. The summed E-state index contributed by atoms with van der Waals surface area (Å²) in [6.07, 6.45) is 3.51. The first-order chi connectivity index (χ1) is 7.29. The highest BCUT2D eigenvalue weighted by molar-refractivity contribution is 7.14. The van der Waals surface area contributed by atoms with Crippen molar-refractivity contribution >= 4 is 17.6 Å². The molecule has 0 radical (unpaired) electrons. The molecular weight excluding hydrogens is 206 g/mol. The Kier molecular flexibility index (Phi) is 2.78. The summed E-state index contributed by atoms with van der Waals surface area (Å²) in [5.41, 5.74) is 2.12. The molecule has 0 saturated carbocycles. The van der Waals surface area contributed by atoms with E-state index in [-0.39, 0.29) is 0 Å². The Morgan fingerprint density at radius 2 is 2.07 bits per heavy atom. The average Bonchev–Trinajstić information content (AvgIpc) is 2.67. The van der Waals surface area contributed by atoms with E-state index in [0.29, 0.717) is 0 Å². The average molecular weight is 217 g/mol. The lowest BCUT2D eigenvalue weighted by Gasteiger charge is -1.96. The molecule has 4 heteroatoms. The van der Waals surface area contributed by atoms with Gasteiger partial charge in [-0.2, -0.15) is 5.10 Å². The van der Waals surface area contributed by atoms with E-state index in [0.717, 1.165) is 16.1 Å². The van der Waals surface area contributed by atoms with Gasteiger partial charge in [0.25, 0.3) is 0 Å². The van der Waals surface area contributed by atoms with Crippen LogP contribution in [0.25, 0.3) is 10.6 Å². The Hall–Kier alpha value is -1.68. The first kappa shape index (κ1) is 9.86. The maximum absolute atomic E-state index is 5.07. The molecule has 2 rings (SSSR count). The van der Waals surface area contributed by atoms with E-state index in [1.807, 2.05) is 30.5 Å². The molecule has 2 N–H and O–H groups in total. The first-order valence-electron chi connectivity index (χ1n) is 4.56. The standard InChI is InChI=1S/C11H11N3S/c1-8-6-13-11(15-8)10-4-2-9(3-5-10)7-14-12/h2-7H,12H2,1H3. The van der Waals surface area contributed by atoms with Crippen LogP contribution in [0.5, 0.6) is 0 Å². The predicted molar refractivity (Wildman–Crippen MR) is 64.1 cm³/mol. The Morgan fingerprint density at radius 3 is 2.60 bits per heavy atom. The van der Waals surface area contributed by atoms with Gasteiger partial charge in [0, 0.05) is 16.6 Å². The largest absolute Gasteiger partial charge is 0.323 e. The number of aryl methyl sites for hydroxylation is 1. The van der Waals surface area contributed by atoms with Gasteiger partial charge in [-0.15, -0.1) is 11.3 Å². The third kappa shape index (κ3) is 2.22. The third-order valence-corrected chi connectivity index (χ3v) is 2.96. The molecule has 0 spiro atoms. The fourth-order valence-corrected chi connectivity index (χ4v) is 2.06. The van der Waals surface area contributed by atoms with Crippen molar-refractivity contribution in [1.82, 2.24) is 4.98 Å². The fourth-order valence-electron chi connectivity index (χ4n) is 1.29. The summed E-state index contributed by atoms with van der Waals surface area (Å²) >= 11 is 1.69. The van der Waals surface area contributed by atoms with Crippen LogP contribution in [0.4, 0.5) is 0 Å². The Balaban J connectivity index is 2.31. The van der Waals surface area contributed by atoms with Crippen molar-refractivity contribution in [2.75, 3.05) is 0 Å². The number of hydrogen-bond donors (Lipinski definition) is 1. The van der Waals surface area contributed by atoms with Gasteiger partial charge in [-0.25, -0.2) is 4.98 Å². The summed E-state index contributed by atoms with van der Waals surface area (Å²) in [6, 6.07) is 8.00. The van der Waals surface area contributed by atoms with E-state index in [1.54, 1.807) is 17.6 Å². The molecule has 15 heavy (non-hydrogen) atoms. The highest BCUT2D eigenvalue weighted by atomic mass is 32.1. The van der Waals surface area contributed by atoms with Crippen molar-refractivity contribution < 1.29 is 0 Å². The highest BCUT2D eigenvalue weighted by Crippen LogP contribution is 2.24. The Labute approximate surface area is 92.3 Å². The third-order valence-electron chi connectivity index (χ3n) is 2.00. The van der Waals surface area contributed by atoms with Crippen molar-refractivity contribution in [1.29, 1.82) is 0 Å². The minimum Gasteiger partial charge on any atom is -0.323 e. The zero-order valence-electron chi connectivity index (χ0n) is 8.34. The zero-order chi connectivity index (χ0) is 10.7. The van der Waals surface area contributed by atoms with Crippen LogP contribution >= 0.6 is 11.3 Å². The molecule has 76 valence electrons. The summed E-state index contributed by atoms with van der Waals surface area (Å²) in [5.74, 6) is 5.07. The van der Waals surface area contributed by atoms with Crippen LogP contribution in [0.3, 0.4) is 0 Å². The van der Waals surface area contributed by atoms with Crippen LogP contribution < -0.4 is 5.84 Å². The topological polar surface area (TPSA) is 51.3 Å². The summed E-state index contributed by atoms with van der Waals surface area (Å²) in [4.78, 5) is 5.54. The van der Waals surface area contributed by atoms with Gasteiger partial charge in [0.05, 0.1) is 6.21 Å². The Morgan fingerprint density at radius 1 is 1.33 bits per heavy atom. The monoisotopic (exact) mass is 217 g/mol. The number of aromatic nitrogens is 1. The second-order valence-electron chi connectivity index (χ2n) is 3.18. The van der Waals surface area contributed by atoms with Gasteiger partial charge in [0.2, 0.25) is 0 Å². The SMILES string of the molecule is Cc1cnc(-c2ccc(C=NN)cc2)s1. The number of benzene rings is 1. The summed E-state index contributed by atoms with van der Waals surface area (Å²) in [5, 5.41) is 4.52. The quantitative estimate of drug-likeness (QED) is 0.477. The lowest BCUT2D eigenvalue weighted by Crippen LogP contribution is -1.85. The number of hydrazone groups is 1. The second kappa shape index (κ2) is 4.23. The number of nitrogens with zero attached hydrogens (tertiary/aromatic N) is 2. The molecule has 0 saturated heterocycles. The normalized spacial score (nSPS) is 11.0. The molecule has 0 amide bonds. The smallest absolute Gasteiger partial charge is 0.123 e. The molecular formula is C11H11N3S. The fraction of sp³-hybridized carbons (Fsp3) is 0.0909. The van der Waals surface area contributed by atoms with Crippen LogP contribution in [0, 0.1) is 6.92 Å². The van der Waals surface area contributed by atoms with Gasteiger partial charge >= 0.3 is 0 Å². The molecule has 1 aromatic carbocycles. The lowest BCUT2D eigenvalue weighted by molar-refractivity contribution is 1.26.